The third-order valence-electron chi connectivity index (χ3n) is 4.31. The molecule has 2 aromatic rings. The molecule has 2 N–H and O–H groups in total. The van der Waals surface area contributed by atoms with Crippen molar-refractivity contribution in [3.63, 3.8) is 0 Å². The number of aliphatic hydroxyl groups excluding tert-OH is 1. The van der Waals surface area contributed by atoms with E-state index in [0.29, 0.717) is 31.0 Å². The molecular weight excluding hydrogens is 298 g/mol. The molecular formula is C16H17N3O4. The molecule has 4 rings (SSSR count). The van der Waals surface area contributed by atoms with Gasteiger partial charge in [-0.2, -0.15) is 5.10 Å². The summed E-state index contributed by atoms with van der Waals surface area (Å²) in [5.41, 5.74) is 3.49. The van der Waals surface area contributed by atoms with E-state index in [1.165, 1.54) is 0 Å². The van der Waals surface area contributed by atoms with E-state index in [9.17, 15) is 9.90 Å². The topological polar surface area (TPSA) is 87.7 Å². The lowest BCUT2D eigenvalue weighted by Crippen LogP contribution is -2.37. The first kappa shape index (κ1) is 14.1. The second-order valence-corrected chi connectivity index (χ2v) is 5.72. The van der Waals surface area contributed by atoms with E-state index >= 15 is 0 Å². The second-order valence-electron chi connectivity index (χ2n) is 5.72. The molecule has 0 unspecified atom stereocenters. The minimum absolute atomic E-state index is 0.0552. The van der Waals surface area contributed by atoms with E-state index < -0.39 is 0 Å². The van der Waals surface area contributed by atoms with Crippen LogP contribution in [-0.2, 0) is 30.8 Å². The zero-order valence-electron chi connectivity index (χ0n) is 12.5. The lowest BCUT2D eigenvalue weighted by molar-refractivity contribution is -0.131. The van der Waals surface area contributed by atoms with Gasteiger partial charge in [-0.1, -0.05) is 6.07 Å². The van der Waals surface area contributed by atoms with Crippen molar-refractivity contribution in [1.29, 1.82) is 0 Å². The second kappa shape index (κ2) is 5.58. The Kier molecular flexibility index (Phi) is 3.42. The Balaban J connectivity index is 1.47. The minimum atomic E-state index is -0.115. The maximum Gasteiger partial charge on any atom is 0.231 e. The average Bonchev–Trinajstić information content (AvgIpc) is 3.19. The number of amides is 1. The van der Waals surface area contributed by atoms with Crippen molar-refractivity contribution in [1.82, 2.24) is 15.1 Å². The van der Waals surface area contributed by atoms with E-state index in [2.05, 4.69) is 10.2 Å². The number of aliphatic hydroxyl groups is 1. The highest BCUT2D eigenvalue weighted by Crippen LogP contribution is 2.32. The Hall–Kier alpha value is -2.54. The quantitative estimate of drug-likeness (QED) is 0.873. The molecule has 2 aliphatic rings. The zero-order chi connectivity index (χ0) is 15.8. The van der Waals surface area contributed by atoms with Gasteiger partial charge in [-0.15, -0.1) is 0 Å². The molecule has 0 aliphatic carbocycles. The summed E-state index contributed by atoms with van der Waals surface area (Å²) in [4.78, 5) is 14.4. The van der Waals surface area contributed by atoms with E-state index in [4.69, 9.17) is 9.47 Å². The van der Waals surface area contributed by atoms with Gasteiger partial charge in [-0.3, -0.25) is 9.89 Å². The standard InChI is InChI=1S/C16H17N3O4/c20-8-13-11-7-19(4-3-12(11)17-18-13)16(21)6-10-1-2-14-15(5-10)23-9-22-14/h1-2,5,20H,3-4,6-9H2,(H,17,18). The largest absolute Gasteiger partial charge is 0.454 e. The molecule has 2 aliphatic heterocycles. The summed E-state index contributed by atoms with van der Waals surface area (Å²) in [5, 5.41) is 16.3. The molecule has 7 nitrogen and oxygen atoms in total. The Morgan fingerprint density at radius 2 is 2.22 bits per heavy atom. The SMILES string of the molecule is O=C(Cc1ccc2c(c1)OCO2)N1CCc2[nH]nc(CO)c2C1. The van der Waals surface area contributed by atoms with Gasteiger partial charge < -0.3 is 19.5 Å². The predicted molar refractivity (Wildman–Crippen MR) is 79.9 cm³/mol. The highest BCUT2D eigenvalue weighted by atomic mass is 16.7. The van der Waals surface area contributed by atoms with Gasteiger partial charge in [0.05, 0.1) is 18.7 Å². The van der Waals surface area contributed by atoms with E-state index in [1.807, 2.05) is 23.1 Å². The van der Waals surface area contributed by atoms with Crippen LogP contribution in [0.5, 0.6) is 11.5 Å². The van der Waals surface area contributed by atoms with Gasteiger partial charge >= 0.3 is 0 Å². The normalized spacial score (nSPS) is 15.6. The smallest absolute Gasteiger partial charge is 0.231 e. The summed E-state index contributed by atoms with van der Waals surface area (Å²) in [6.07, 6.45) is 1.05. The van der Waals surface area contributed by atoms with Crippen LogP contribution < -0.4 is 9.47 Å². The van der Waals surface area contributed by atoms with Crippen molar-refractivity contribution in [2.24, 2.45) is 0 Å². The predicted octanol–water partition coefficient (Wildman–Crippen LogP) is 0.758. The van der Waals surface area contributed by atoms with Crippen LogP contribution in [-0.4, -0.2) is 39.4 Å². The fourth-order valence-corrected chi connectivity index (χ4v) is 3.04. The Bertz CT molecular complexity index is 742. The summed E-state index contributed by atoms with van der Waals surface area (Å²) in [6.45, 7) is 1.26. The molecule has 1 aromatic carbocycles. The first-order valence-corrected chi connectivity index (χ1v) is 7.57. The third kappa shape index (κ3) is 2.53. The van der Waals surface area contributed by atoms with Crippen molar-refractivity contribution < 1.29 is 19.4 Å². The van der Waals surface area contributed by atoms with Gasteiger partial charge in [0.2, 0.25) is 12.7 Å². The molecule has 1 amide bonds. The number of hydrogen-bond acceptors (Lipinski definition) is 5. The first-order valence-electron chi connectivity index (χ1n) is 7.57. The number of benzene rings is 1. The fourth-order valence-electron chi connectivity index (χ4n) is 3.04. The number of carbonyl (C=O) groups excluding carboxylic acids is 1. The maximum atomic E-state index is 12.6. The van der Waals surface area contributed by atoms with Gasteiger partial charge in [0.25, 0.3) is 0 Å². The Labute approximate surface area is 132 Å². The maximum absolute atomic E-state index is 12.6. The molecule has 120 valence electrons. The molecule has 0 saturated carbocycles. The lowest BCUT2D eigenvalue weighted by Gasteiger charge is -2.27. The van der Waals surface area contributed by atoms with Crippen molar-refractivity contribution in [2.75, 3.05) is 13.3 Å². The number of ether oxygens (including phenoxy) is 2. The van der Waals surface area contributed by atoms with Crippen molar-refractivity contribution in [3.05, 3.63) is 40.7 Å². The van der Waals surface area contributed by atoms with E-state index in [1.54, 1.807) is 0 Å². The first-order chi connectivity index (χ1) is 11.2. The van der Waals surface area contributed by atoms with Crippen molar-refractivity contribution in [3.8, 4) is 11.5 Å². The van der Waals surface area contributed by atoms with Gasteiger partial charge in [-0.25, -0.2) is 0 Å². The fraction of sp³-hybridized carbons (Fsp3) is 0.375. The van der Waals surface area contributed by atoms with Crippen molar-refractivity contribution in [2.45, 2.75) is 26.0 Å². The molecule has 0 saturated heterocycles. The number of aromatic amines is 1. The number of fused-ring (bicyclic) bond motifs is 2. The van der Waals surface area contributed by atoms with Crippen LogP contribution in [0.1, 0.15) is 22.5 Å². The van der Waals surface area contributed by atoms with Crippen LogP contribution in [0.4, 0.5) is 0 Å². The summed E-state index contributed by atoms with van der Waals surface area (Å²) >= 11 is 0. The number of H-pyrrole nitrogens is 1. The molecule has 7 heteroatoms. The highest BCUT2D eigenvalue weighted by molar-refractivity contribution is 5.79. The molecule has 3 heterocycles. The number of rotatable bonds is 3. The number of nitrogens with zero attached hydrogens (tertiary/aromatic N) is 2. The molecule has 0 fully saturated rings. The average molecular weight is 315 g/mol. The molecule has 1 aromatic heterocycles. The van der Waals surface area contributed by atoms with E-state index in [0.717, 1.165) is 29.0 Å². The summed E-state index contributed by atoms with van der Waals surface area (Å²) in [6, 6.07) is 5.57. The summed E-state index contributed by atoms with van der Waals surface area (Å²) in [5.74, 6) is 1.46. The van der Waals surface area contributed by atoms with E-state index in [-0.39, 0.29) is 19.3 Å². The van der Waals surface area contributed by atoms with Crippen LogP contribution in [0.15, 0.2) is 18.2 Å². The molecule has 23 heavy (non-hydrogen) atoms. The summed E-state index contributed by atoms with van der Waals surface area (Å²) < 4.78 is 10.6. The lowest BCUT2D eigenvalue weighted by atomic mass is 10.0. The van der Waals surface area contributed by atoms with Crippen LogP contribution in [0.2, 0.25) is 0 Å². The van der Waals surface area contributed by atoms with Gasteiger partial charge in [0.15, 0.2) is 11.5 Å². The highest BCUT2D eigenvalue weighted by Gasteiger charge is 2.25. The molecule has 0 spiro atoms. The monoisotopic (exact) mass is 315 g/mol. The number of hydrogen-bond donors (Lipinski definition) is 2. The van der Waals surface area contributed by atoms with Crippen LogP contribution in [0, 0.1) is 0 Å². The number of nitrogens with one attached hydrogen (secondary N) is 1. The Morgan fingerprint density at radius 3 is 3.09 bits per heavy atom. The van der Waals surface area contributed by atoms with Gasteiger partial charge in [0, 0.05) is 30.8 Å². The van der Waals surface area contributed by atoms with Crippen LogP contribution in [0.25, 0.3) is 0 Å². The number of carbonyl (C=O) groups is 1. The van der Waals surface area contributed by atoms with Crippen molar-refractivity contribution >= 4 is 5.91 Å². The van der Waals surface area contributed by atoms with Gasteiger partial charge in [-0.05, 0) is 17.7 Å². The molecule has 0 bridgehead atoms. The van der Waals surface area contributed by atoms with Gasteiger partial charge in [0.1, 0.15) is 0 Å². The summed E-state index contributed by atoms with van der Waals surface area (Å²) in [7, 11) is 0. The van der Waals surface area contributed by atoms with Crippen LogP contribution in [0.3, 0.4) is 0 Å². The third-order valence-corrected chi connectivity index (χ3v) is 4.31. The Morgan fingerprint density at radius 1 is 1.35 bits per heavy atom. The minimum Gasteiger partial charge on any atom is -0.454 e. The number of aromatic nitrogens is 2. The van der Waals surface area contributed by atoms with Crippen LogP contribution >= 0.6 is 0 Å². The molecule has 0 radical (unpaired) electrons. The zero-order valence-corrected chi connectivity index (χ0v) is 12.5. The molecule has 0 atom stereocenters.